The van der Waals surface area contributed by atoms with E-state index in [0.717, 1.165) is 37.7 Å². The van der Waals surface area contributed by atoms with Gasteiger partial charge in [-0.15, -0.1) is 0 Å². The number of carbonyl (C=O) groups excluding carboxylic acids is 3. The predicted molar refractivity (Wildman–Crippen MR) is 137 cm³/mol. The summed E-state index contributed by atoms with van der Waals surface area (Å²) < 4.78 is 0. The van der Waals surface area contributed by atoms with Gasteiger partial charge in [-0.3, -0.25) is 14.4 Å². The first-order valence-electron chi connectivity index (χ1n) is 13.2. The summed E-state index contributed by atoms with van der Waals surface area (Å²) in [4.78, 5) is 43.6. The van der Waals surface area contributed by atoms with Gasteiger partial charge in [0.2, 0.25) is 17.7 Å². The van der Waals surface area contributed by atoms with Crippen molar-refractivity contribution in [3.8, 4) is 0 Å². The molecule has 3 amide bonds. The van der Waals surface area contributed by atoms with E-state index in [2.05, 4.69) is 15.5 Å². The molecule has 2 atom stereocenters. The fourth-order valence-electron chi connectivity index (χ4n) is 5.52. The minimum absolute atomic E-state index is 0.0414. The molecule has 2 aliphatic heterocycles. The van der Waals surface area contributed by atoms with Crippen LogP contribution in [0.25, 0.3) is 0 Å². The van der Waals surface area contributed by atoms with Gasteiger partial charge in [-0.1, -0.05) is 56.8 Å². The Morgan fingerprint density at radius 1 is 1.06 bits per heavy atom. The number of benzene rings is 1. The van der Waals surface area contributed by atoms with E-state index in [1.807, 2.05) is 43.0 Å². The number of rotatable bonds is 8. The maximum absolute atomic E-state index is 13.7. The zero-order chi connectivity index (χ0) is 24.9. The lowest BCUT2D eigenvalue weighted by Gasteiger charge is -2.39. The second kappa shape index (κ2) is 11.7. The summed E-state index contributed by atoms with van der Waals surface area (Å²) in [6.07, 6.45) is 6.86. The summed E-state index contributed by atoms with van der Waals surface area (Å²) in [5, 5.41) is 6.78. The van der Waals surface area contributed by atoms with E-state index in [4.69, 9.17) is 11.6 Å². The zero-order valence-corrected chi connectivity index (χ0v) is 21.7. The molecule has 8 heteroatoms. The predicted octanol–water partition coefficient (Wildman–Crippen LogP) is 3.00. The van der Waals surface area contributed by atoms with E-state index in [1.165, 1.54) is 6.42 Å². The van der Waals surface area contributed by atoms with Gasteiger partial charge in [0, 0.05) is 49.6 Å². The first kappa shape index (κ1) is 26.0. The van der Waals surface area contributed by atoms with Gasteiger partial charge in [-0.2, -0.15) is 0 Å². The smallest absolute Gasteiger partial charge is 0.245 e. The molecule has 35 heavy (non-hydrogen) atoms. The molecule has 1 aromatic carbocycles. The minimum atomic E-state index is -0.632. The van der Waals surface area contributed by atoms with Crippen LogP contribution in [-0.4, -0.2) is 71.8 Å². The number of hydrogen-bond donors (Lipinski definition) is 2. The van der Waals surface area contributed by atoms with Gasteiger partial charge in [0.05, 0.1) is 12.0 Å². The fourth-order valence-corrected chi connectivity index (χ4v) is 5.65. The molecule has 2 N–H and O–H groups in total. The molecule has 1 aromatic rings. The van der Waals surface area contributed by atoms with E-state index < -0.39 is 6.04 Å². The highest BCUT2D eigenvalue weighted by atomic mass is 35.5. The molecule has 2 unspecified atom stereocenters. The van der Waals surface area contributed by atoms with Crippen LogP contribution in [0.3, 0.4) is 0 Å². The SMILES string of the molecule is CC(C)C(=O)N(C1CCCCC1)C1CCN(C(=O)C(Cc2ccc(Cl)cc2)NC(=O)C2CNC2)C1. The molecule has 2 saturated heterocycles. The van der Waals surface area contributed by atoms with Crippen molar-refractivity contribution in [2.24, 2.45) is 11.8 Å². The minimum Gasteiger partial charge on any atom is -0.344 e. The van der Waals surface area contributed by atoms with Crippen LogP contribution >= 0.6 is 11.6 Å². The van der Waals surface area contributed by atoms with Gasteiger partial charge >= 0.3 is 0 Å². The monoisotopic (exact) mass is 502 g/mol. The van der Waals surface area contributed by atoms with Gasteiger partial charge in [-0.05, 0) is 37.0 Å². The van der Waals surface area contributed by atoms with Gasteiger partial charge in [-0.25, -0.2) is 0 Å². The first-order chi connectivity index (χ1) is 16.8. The van der Waals surface area contributed by atoms with Crippen LogP contribution < -0.4 is 10.6 Å². The highest BCUT2D eigenvalue weighted by Crippen LogP contribution is 2.29. The Bertz CT molecular complexity index is 896. The highest BCUT2D eigenvalue weighted by Gasteiger charge is 2.40. The van der Waals surface area contributed by atoms with Crippen molar-refractivity contribution in [3.05, 3.63) is 34.9 Å². The quantitative estimate of drug-likeness (QED) is 0.572. The zero-order valence-electron chi connectivity index (χ0n) is 21.0. The van der Waals surface area contributed by atoms with Crippen LogP contribution in [0.2, 0.25) is 5.02 Å². The third-order valence-corrected chi connectivity index (χ3v) is 7.96. The average molecular weight is 503 g/mol. The largest absolute Gasteiger partial charge is 0.344 e. The third kappa shape index (κ3) is 6.36. The molecule has 2 heterocycles. The van der Waals surface area contributed by atoms with Crippen molar-refractivity contribution in [1.29, 1.82) is 0 Å². The van der Waals surface area contributed by atoms with Crippen LogP contribution in [0, 0.1) is 11.8 Å². The van der Waals surface area contributed by atoms with Crippen molar-refractivity contribution < 1.29 is 14.4 Å². The van der Waals surface area contributed by atoms with E-state index in [1.54, 1.807) is 0 Å². The number of halogens is 1. The highest BCUT2D eigenvalue weighted by molar-refractivity contribution is 6.30. The first-order valence-corrected chi connectivity index (χ1v) is 13.6. The average Bonchev–Trinajstić information content (AvgIpc) is 3.29. The summed E-state index contributed by atoms with van der Waals surface area (Å²) in [5.41, 5.74) is 0.953. The van der Waals surface area contributed by atoms with Crippen LogP contribution in [-0.2, 0) is 20.8 Å². The van der Waals surface area contributed by atoms with E-state index in [9.17, 15) is 14.4 Å². The van der Waals surface area contributed by atoms with E-state index >= 15 is 0 Å². The number of amides is 3. The Hall–Kier alpha value is -2.12. The molecule has 1 aliphatic carbocycles. The second-order valence-electron chi connectivity index (χ2n) is 10.7. The van der Waals surface area contributed by atoms with Crippen molar-refractivity contribution in [3.63, 3.8) is 0 Å². The molecule has 0 radical (unpaired) electrons. The normalized spacial score (nSPS) is 22.1. The molecule has 0 aromatic heterocycles. The van der Waals surface area contributed by atoms with Gasteiger partial charge in [0.25, 0.3) is 0 Å². The molecule has 192 valence electrons. The summed E-state index contributed by atoms with van der Waals surface area (Å²) in [5.74, 6) is -0.101. The van der Waals surface area contributed by atoms with Gasteiger partial charge in [0.15, 0.2) is 0 Å². The Labute approximate surface area is 213 Å². The molecule has 3 aliphatic rings. The molecule has 0 bridgehead atoms. The molecule has 7 nitrogen and oxygen atoms in total. The summed E-state index contributed by atoms with van der Waals surface area (Å²) in [7, 11) is 0. The van der Waals surface area contributed by atoms with Crippen LogP contribution in [0.4, 0.5) is 0 Å². The van der Waals surface area contributed by atoms with Crippen LogP contribution in [0.1, 0.15) is 57.9 Å². The Balaban J connectivity index is 1.47. The molecule has 0 spiro atoms. The second-order valence-corrected chi connectivity index (χ2v) is 11.1. The summed E-state index contributed by atoms with van der Waals surface area (Å²) in [6.45, 7) is 6.36. The lowest BCUT2D eigenvalue weighted by molar-refractivity contribution is -0.141. The molecular formula is C27H39ClN4O3. The lowest BCUT2D eigenvalue weighted by atomic mass is 9.92. The maximum atomic E-state index is 13.7. The van der Waals surface area contributed by atoms with Crippen LogP contribution in [0.15, 0.2) is 24.3 Å². The summed E-state index contributed by atoms with van der Waals surface area (Å²) in [6, 6.07) is 7.10. The maximum Gasteiger partial charge on any atom is 0.245 e. The van der Waals surface area contributed by atoms with Gasteiger partial charge in [0.1, 0.15) is 6.04 Å². The number of nitrogens with zero attached hydrogens (tertiary/aromatic N) is 2. The van der Waals surface area contributed by atoms with Crippen molar-refractivity contribution >= 4 is 29.3 Å². The van der Waals surface area contributed by atoms with Crippen molar-refractivity contribution in [2.75, 3.05) is 26.2 Å². The van der Waals surface area contributed by atoms with Gasteiger partial charge < -0.3 is 20.4 Å². The third-order valence-electron chi connectivity index (χ3n) is 7.70. The molecule has 1 saturated carbocycles. The number of likely N-dealkylation sites (tertiary alicyclic amines) is 1. The molecular weight excluding hydrogens is 464 g/mol. The molecule has 3 fully saturated rings. The van der Waals surface area contributed by atoms with E-state index in [-0.39, 0.29) is 41.6 Å². The Morgan fingerprint density at radius 3 is 2.34 bits per heavy atom. The van der Waals surface area contributed by atoms with Crippen LogP contribution in [0.5, 0.6) is 0 Å². The fraction of sp³-hybridized carbons (Fsp3) is 0.667. The number of carbonyl (C=O) groups is 3. The summed E-state index contributed by atoms with van der Waals surface area (Å²) >= 11 is 6.04. The van der Waals surface area contributed by atoms with Crippen molar-refractivity contribution in [2.45, 2.75) is 76.9 Å². The number of nitrogens with one attached hydrogen (secondary N) is 2. The van der Waals surface area contributed by atoms with E-state index in [0.29, 0.717) is 37.6 Å². The Kier molecular flexibility index (Phi) is 8.71. The standard InChI is InChI=1S/C27H39ClN4O3/c1-18(2)26(34)32(22-6-4-3-5-7-22)23-12-13-31(17-23)27(35)24(30-25(33)20-15-29-16-20)14-19-8-10-21(28)11-9-19/h8-11,18,20,22-24,29H,3-7,12-17H2,1-2H3,(H,30,33). The topological polar surface area (TPSA) is 81.8 Å². The van der Waals surface area contributed by atoms with Crippen molar-refractivity contribution in [1.82, 2.24) is 20.4 Å². The lowest BCUT2D eigenvalue weighted by Crippen LogP contribution is -2.57. The Morgan fingerprint density at radius 2 is 1.74 bits per heavy atom. The number of hydrogen-bond acceptors (Lipinski definition) is 4. The molecule has 4 rings (SSSR count).